The fraction of sp³-hybridized carbons (Fsp3) is 0.125. The summed E-state index contributed by atoms with van der Waals surface area (Å²) in [5.74, 6) is -1.44. The van der Waals surface area contributed by atoms with Crippen molar-refractivity contribution in [2.24, 2.45) is 5.73 Å². The molecular formula is C24H22ClN7O4. The predicted molar refractivity (Wildman–Crippen MR) is 136 cm³/mol. The van der Waals surface area contributed by atoms with Crippen LogP contribution in [-0.4, -0.2) is 46.8 Å². The summed E-state index contributed by atoms with van der Waals surface area (Å²) in [6.45, 7) is 4.92. The SMILES string of the molecule is C=CC(=O)Nc1cc(Nc2ncc(Cl)c(Nc3ccccc3C(=O)C(N)=O)n2)ccc1OC1CNC1. The molecule has 36 heavy (non-hydrogen) atoms. The van der Waals surface area contributed by atoms with Crippen molar-refractivity contribution in [2.75, 3.05) is 29.0 Å². The lowest BCUT2D eigenvalue weighted by Gasteiger charge is -2.28. The number of amides is 2. The van der Waals surface area contributed by atoms with Crippen LogP contribution in [-0.2, 0) is 9.59 Å². The summed E-state index contributed by atoms with van der Waals surface area (Å²) in [7, 11) is 0. The van der Waals surface area contributed by atoms with Crippen LogP contribution in [0.4, 0.5) is 28.8 Å². The molecular weight excluding hydrogens is 486 g/mol. The van der Waals surface area contributed by atoms with Gasteiger partial charge in [0.15, 0.2) is 5.82 Å². The minimum Gasteiger partial charge on any atom is -0.486 e. The van der Waals surface area contributed by atoms with Gasteiger partial charge in [-0.2, -0.15) is 4.98 Å². The molecule has 0 bridgehead atoms. The minimum atomic E-state index is -1.08. The van der Waals surface area contributed by atoms with E-state index in [2.05, 4.69) is 37.8 Å². The van der Waals surface area contributed by atoms with Gasteiger partial charge in [-0.15, -0.1) is 0 Å². The van der Waals surface area contributed by atoms with Crippen LogP contribution in [0.1, 0.15) is 10.4 Å². The number of halogens is 1. The predicted octanol–water partition coefficient (Wildman–Crippen LogP) is 2.76. The van der Waals surface area contributed by atoms with Crippen LogP contribution >= 0.6 is 11.6 Å². The summed E-state index contributed by atoms with van der Waals surface area (Å²) < 4.78 is 5.92. The number of rotatable bonds is 10. The average Bonchev–Trinajstić information content (AvgIpc) is 2.84. The lowest BCUT2D eigenvalue weighted by atomic mass is 10.1. The second-order valence-electron chi connectivity index (χ2n) is 7.68. The first kappa shape index (κ1) is 24.6. The molecule has 4 rings (SSSR count). The van der Waals surface area contributed by atoms with E-state index in [9.17, 15) is 14.4 Å². The first-order valence-electron chi connectivity index (χ1n) is 10.8. The third-order valence-corrected chi connectivity index (χ3v) is 5.39. The number of aromatic nitrogens is 2. The molecule has 0 saturated carbocycles. The van der Waals surface area contributed by atoms with E-state index >= 15 is 0 Å². The van der Waals surface area contributed by atoms with E-state index in [1.165, 1.54) is 12.3 Å². The molecule has 2 aromatic carbocycles. The Morgan fingerprint density at radius 2 is 1.92 bits per heavy atom. The standard InChI is InChI=1S/C24H22ClN7O4/c1-2-20(33)30-18-9-13(7-8-19(18)36-14-10-27-11-14)29-24-28-12-16(25)23(32-24)31-17-6-4-3-5-15(17)21(34)22(26)35/h2-9,12,14,27H,1,10-11H2,(H2,26,35)(H,30,33)(H2,28,29,31,32). The van der Waals surface area contributed by atoms with E-state index in [1.807, 2.05) is 0 Å². The van der Waals surface area contributed by atoms with Crippen molar-refractivity contribution in [1.29, 1.82) is 0 Å². The smallest absolute Gasteiger partial charge is 0.289 e. The summed E-state index contributed by atoms with van der Waals surface area (Å²) in [5, 5.41) is 12.0. The van der Waals surface area contributed by atoms with Crippen LogP contribution in [0.3, 0.4) is 0 Å². The molecule has 1 saturated heterocycles. The molecule has 184 valence electrons. The number of hydrogen-bond donors (Lipinski definition) is 5. The average molecular weight is 508 g/mol. The van der Waals surface area contributed by atoms with Crippen molar-refractivity contribution in [3.8, 4) is 5.75 Å². The van der Waals surface area contributed by atoms with Gasteiger partial charge in [0.25, 0.3) is 11.7 Å². The third-order valence-electron chi connectivity index (χ3n) is 5.11. The highest BCUT2D eigenvalue weighted by Gasteiger charge is 2.21. The Morgan fingerprint density at radius 1 is 1.14 bits per heavy atom. The maximum Gasteiger partial charge on any atom is 0.289 e. The number of nitrogens with one attached hydrogen (secondary N) is 4. The summed E-state index contributed by atoms with van der Waals surface area (Å²) >= 11 is 6.26. The Balaban J connectivity index is 1.58. The van der Waals surface area contributed by atoms with Gasteiger partial charge in [-0.05, 0) is 36.4 Å². The van der Waals surface area contributed by atoms with Gasteiger partial charge in [0.2, 0.25) is 11.9 Å². The molecule has 0 spiro atoms. The van der Waals surface area contributed by atoms with Gasteiger partial charge < -0.3 is 31.7 Å². The topological polar surface area (TPSA) is 160 Å². The Hall–Kier alpha value is -4.48. The van der Waals surface area contributed by atoms with Crippen LogP contribution in [0.25, 0.3) is 0 Å². The number of Topliss-reactive ketones (excluding diaryl/α,β-unsaturated/α-hetero) is 1. The lowest BCUT2D eigenvalue weighted by molar-refractivity contribution is -0.114. The molecule has 1 aliphatic rings. The Labute approximate surface area is 211 Å². The Kier molecular flexibility index (Phi) is 7.42. The molecule has 0 radical (unpaired) electrons. The van der Waals surface area contributed by atoms with Gasteiger partial charge in [-0.3, -0.25) is 14.4 Å². The van der Waals surface area contributed by atoms with Crippen molar-refractivity contribution in [1.82, 2.24) is 15.3 Å². The van der Waals surface area contributed by atoms with Crippen molar-refractivity contribution >= 4 is 58.0 Å². The van der Waals surface area contributed by atoms with E-state index < -0.39 is 11.7 Å². The molecule has 1 aromatic heterocycles. The number of para-hydroxylation sites is 1. The number of carbonyl (C=O) groups is 3. The number of primary amides is 1. The quantitative estimate of drug-likeness (QED) is 0.158. The number of ketones is 1. The van der Waals surface area contributed by atoms with Gasteiger partial charge in [0.1, 0.15) is 16.9 Å². The number of benzene rings is 2. The van der Waals surface area contributed by atoms with Crippen LogP contribution in [0.15, 0.2) is 61.3 Å². The Morgan fingerprint density at radius 3 is 2.61 bits per heavy atom. The largest absolute Gasteiger partial charge is 0.486 e. The van der Waals surface area contributed by atoms with Crippen LogP contribution in [0.2, 0.25) is 5.02 Å². The highest BCUT2D eigenvalue weighted by Crippen LogP contribution is 2.32. The van der Waals surface area contributed by atoms with E-state index in [0.29, 0.717) is 22.8 Å². The second kappa shape index (κ2) is 10.8. The number of anilines is 5. The van der Waals surface area contributed by atoms with Crippen LogP contribution in [0, 0.1) is 0 Å². The maximum atomic E-state index is 12.2. The summed E-state index contributed by atoms with van der Waals surface area (Å²) in [6, 6.07) is 11.5. The lowest BCUT2D eigenvalue weighted by Crippen LogP contribution is -2.50. The molecule has 12 heteroatoms. The van der Waals surface area contributed by atoms with Gasteiger partial charge in [-0.1, -0.05) is 30.3 Å². The zero-order chi connectivity index (χ0) is 25.7. The van der Waals surface area contributed by atoms with Gasteiger partial charge in [0, 0.05) is 18.8 Å². The second-order valence-corrected chi connectivity index (χ2v) is 8.09. The van der Waals surface area contributed by atoms with Crippen LogP contribution < -0.4 is 31.7 Å². The minimum absolute atomic E-state index is 0.0146. The molecule has 0 aliphatic carbocycles. The number of hydrogen-bond acceptors (Lipinski definition) is 9. The maximum absolute atomic E-state index is 12.2. The number of nitrogens with two attached hydrogens (primary N) is 1. The molecule has 0 atom stereocenters. The highest BCUT2D eigenvalue weighted by atomic mass is 35.5. The van der Waals surface area contributed by atoms with E-state index in [0.717, 1.165) is 19.2 Å². The first-order valence-corrected chi connectivity index (χ1v) is 11.2. The normalized spacial score (nSPS) is 12.7. The Bertz CT molecular complexity index is 1340. The molecule has 1 fully saturated rings. The van der Waals surface area contributed by atoms with Crippen molar-refractivity contribution in [3.05, 3.63) is 71.9 Å². The summed E-state index contributed by atoms with van der Waals surface area (Å²) in [5.41, 5.74) is 6.53. The van der Waals surface area contributed by atoms with Crippen molar-refractivity contribution in [2.45, 2.75) is 6.10 Å². The molecule has 2 amide bonds. The van der Waals surface area contributed by atoms with Gasteiger partial charge in [0.05, 0.1) is 23.1 Å². The number of carbonyl (C=O) groups excluding carboxylic acids is 3. The fourth-order valence-electron chi connectivity index (χ4n) is 3.21. The highest BCUT2D eigenvalue weighted by molar-refractivity contribution is 6.43. The zero-order valence-corrected chi connectivity index (χ0v) is 19.6. The van der Waals surface area contributed by atoms with Crippen molar-refractivity contribution in [3.63, 3.8) is 0 Å². The first-order chi connectivity index (χ1) is 17.3. The van der Waals surface area contributed by atoms with E-state index in [1.54, 1.807) is 36.4 Å². The fourth-order valence-corrected chi connectivity index (χ4v) is 3.35. The summed E-state index contributed by atoms with van der Waals surface area (Å²) in [6.07, 6.45) is 2.55. The van der Waals surface area contributed by atoms with E-state index in [4.69, 9.17) is 22.1 Å². The van der Waals surface area contributed by atoms with E-state index in [-0.39, 0.29) is 34.4 Å². The third kappa shape index (κ3) is 5.77. The molecule has 3 aromatic rings. The molecule has 2 heterocycles. The molecule has 6 N–H and O–H groups in total. The summed E-state index contributed by atoms with van der Waals surface area (Å²) in [4.78, 5) is 44.0. The van der Waals surface area contributed by atoms with Crippen LogP contribution in [0.5, 0.6) is 5.75 Å². The number of nitrogens with zero attached hydrogens (tertiary/aromatic N) is 2. The molecule has 1 aliphatic heterocycles. The monoisotopic (exact) mass is 507 g/mol. The number of ether oxygens (including phenoxy) is 1. The molecule has 0 unspecified atom stereocenters. The van der Waals surface area contributed by atoms with Gasteiger partial charge in [-0.25, -0.2) is 4.98 Å². The zero-order valence-electron chi connectivity index (χ0n) is 18.9. The van der Waals surface area contributed by atoms with Gasteiger partial charge >= 0.3 is 0 Å². The van der Waals surface area contributed by atoms with Crippen molar-refractivity contribution < 1.29 is 19.1 Å². The molecule has 11 nitrogen and oxygen atoms in total.